The Morgan fingerprint density at radius 3 is 2.68 bits per heavy atom. The Morgan fingerprint density at radius 1 is 1.37 bits per heavy atom. The van der Waals surface area contributed by atoms with Crippen molar-refractivity contribution in [2.75, 3.05) is 11.9 Å². The number of aromatic hydroxyl groups is 2. The molecule has 0 saturated carbocycles. The summed E-state index contributed by atoms with van der Waals surface area (Å²) in [6.45, 7) is 4.68. The highest BCUT2D eigenvalue weighted by atomic mass is 79.9. The van der Waals surface area contributed by atoms with Crippen LogP contribution in [-0.2, 0) is 0 Å². The van der Waals surface area contributed by atoms with E-state index < -0.39 is 0 Å². The molecule has 0 aliphatic carbocycles. The molecule has 1 rings (SSSR count). The number of hydrogen-bond acceptors (Lipinski definition) is 3. The third-order valence-electron chi connectivity index (χ3n) is 2.97. The van der Waals surface area contributed by atoms with Gasteiger partial charge >= 0.3 is 0 Å². The molecular formula is C14H20BrNO3. The molecule has 0 unspecified atom stereocenters. The van der Waals surface area contributed by atoms with Gasteiger partial charge in [-0.3, -0.25) is 4.79 Å². The Kier molecular flexibility index (Phi) is 5.66. The molecule has 0 radical (unpaired) electrons. The summed E-state index contributed by atoms with van der Waals surface area (Å²) in [5, 5.41) is 22.7. The van der Waals surface area contributed by atoms with Crippen LogP contribution in [0.25, 0.3) is 0 Å². The highest BCUT2D eigenvalue weighted by Gasteiger charge is 2.20. The number of amides is 1. The predicted octanol–water partition coefficient (Wildman–Crippen LogP) is 3.03. The molecule has 0 fully saturated rings. The number of rotatable bonds is 6. The first kappa shape index (κ1) is 15.8. The van der Waals surface area contributed by atoms with Gasteiger partial charge in [0.15, 0.2) is 11.5 Å². The fourth-order valence-electron chi connectivity index (χ4n) is 1.76. The number of carbonyl (C=O) groups excluding carboxylic acids is 1. The van der Waals surface area contributed by atoms with Gasteiger partial charge in [0.2, 0.25) is 0 Å². The van der Waals surface area contributed by atoms with Crippen LogP contribution in [0.1, 0.15) is 37.0 Å². The molecule has 5 heteroatoms. The fourth-order valence-corrected chi connectivity index (χ4v) is 2.04. The minimum atomic E-state index is -0.377. The van der Waals surface area contributed by atoms with Gasteiger partial charge in [-0.05, 0) is 30.4 Å². The first-order chi connectivity index (χ1) is 8.87. The third-order valence-corrected chi connectivity index (χ3v) is 3.53. The van der Waals surface area contributed by atoms with E-state index in [0.717, 1.165) is 18.2 Å². The van der Waals surface area contributed by atoms with Crippen molar-refractivity contribution in [1.82, 2.24) is 5.32 Å². The van der Waals surface area contributed by atoms with E-state index in [1.54, 1.807) is 0 Å². The number of carbonyl (C=O) groups is 1. The van der Waals surface area contributed by atoms with Crippen LogP contribution >= 0.6 is 15.9 Å². The quantitative estimate of drug-likeness (QED) is 0.555. The van der Waals surface area contributed by atoms with Crippen molar-refractivity contribution in [3.8, 4) is 11.5 Å². The largest absolute Gasteiger partial charge is 0.504 e. The van der Waals surface area contributed by atoms with Gasteiger partial charge in [-0.2, -0.15) is 0 Å². The number of alkyl halides is 1. The van der Waals surface area contributed by atoms with Crippen molar-refractivity contribution in [2.45, 2.75) is 26.7 Å². The summed E-state index contributed by atoms with van der Waals surface area (Å²) < 4.78 is 0. The number of benzene rings is 1. The van der Waals surface area contributed by atoms with E-state index in [2.05, 4.69) is 35.1 Å². The first-order valence-electron chi connectivity index (χ1n) is 6.22. The molecule has 0 aromatic heterocycles. The molecule has 0 spiro atoms. The van der Waals surface area contributed by atoms with Crippen molar-refractivity contribution in [3.05, 3.63) is 23.8 Å². The van der Waals surface area contributed by atoms with Crippen LogP contribution in [0.3, 0.4) is 0 Å². The summed E-state index contributed by atoms with van der Waals surface area (Å²) in [6, 6.07) is 4.35. The van der Waals surface area contributed by atoms with Gasteiger partial charge in [-0.25, -0.2) is 0 Å². The SMILES string of the molecule is CC(C)(CCCBr)CNC(=O)c1cccc(O)c1O. The van der Waals surface area contributed by atoms with Gasteiger partial charge in [-0.15, -0.1) is 0 Å². The van der Waals surface area contributed by atoms with Crippen LogP contribution < -0.4 is 5.32 Å². The van der Waals surface area contributed by atoms with Crippen LogP contribution in [0, 0.1) is 5.41 Å². The highest BCUT2D eigenvalue weighted by Crippen LogP contribution is 2.28. The summed E-state index contributed by atoms with van der Waals surface area (Å²) in [5.41, 5.74) is 0.0897. The summed E-state index contributed by atoms with van der Waals surface area (Å²) in [4.78, 5) is 11.9. The smallest absolute Gasteiger partial charge is 0.255 e. The molecular weight excluding hydrogens is 310 g/mol. The average Bonchev–Trinajstić information content (AvgIpc) is 2.37. The van der Waals surface area contributed by atoms with Crippen LogP contribution in [0.5, 0.6) is 11.5 Å². The average molecular weight is 330 g/mol. The minimum Gasteiger partial charge on any atom is -0.504 e. The van der Waals surface area contributed by atoms with Gasteiger partial charge < -0.3 is 15.5 Å². The summed E-state index contributed by atoms with van der Waals surface area (Å²) in [5.74, 6) is -1.04. The van der Waals surface area contributed by atoms with Crippen LogP contribution in [0.15, 0.2) is 18.2 Å². The lowest BCUT2D eigenvalue weighted by molar-refractivity contribution is 0.0931. The molecule has 19 heavy (non-hydrogen) atoms. The molecule has 4 nitrogen and oxygen atoms in total. The van der Waals surface area contributed by atoms with Crippen molar-refractivity contribution in [1.29, 1.82) is 0 Å². The Balaban J connectivity index is 2.63. The zero-order valence-electron chi connectivity index (χ0n) is 11.2. The third kappa shape index (κ3) is 4.74. The molecule has 106 valence electrons. The second-order valence-electron chi connectivity index (χ2n) is 5.31. The monoisotopic (exact) mass is 329 g/mol. The molecule has 3 N–H and O–H groups in total. The normalized spacial score (nSPS) is 11.3. The Morgan fingerprint density at radius 2 is 2.05 bits per heavy atom. The van der Waals surface area contributed by atoms with Crippen LogP contribution in [0.4, 0.5) is 0 Å². The minimum absolute atomic E-state index is 0.00409. The van der Waals surface area contributed by atoms with Crippen molar-refractivity contribution < 1.29 is 15.0 Å². The number of nitrogens with one attached hydrogen (secondary N) is 1. The van der Waals surface area contributed by atoms with E-state index in [1.807, 2.05) is 0 Å². The van der Waals surface area contributed by atoms with Crippen molar-refractivity contribution >= 4 is 21.8 Å². The van der Waals surface area contributed by atoms with Crippen LogP contribution in [0.2, 0.25) is 0 Å². The van der Waals surface area contributed by atoms with Gasteiger partial charge in [0.25, 0.3) is 5.91 Å². The van der Waals surface area contributed by atoms with E-state index in [1.165, 1.54) is 18.2 Å². The van der Waals surface area contributed by atoms with Gasteiger partial charge in [-0.1, -0.05) is 35.8 Å². The lowest BCUT2D eigenvalue weighted by atomic mass is 9.88. The molecule has 0 atom stereocenters. The zero-order chi connectivity index (χ0) is 14.5. The summed E-state index contributed by atoms with van der Waals surface area (Å²) >= 11 is 3.39. The maximum Gasteiger partial charge on any atom is 0.255 e. The van der Waals surface area contributed by atoms with Gasteiger partial charge in [0.1, 0.15) is 0 Å². The second kappa shape index (κ2) is 6.80. The molecule has 0 aliphatic heterocycles. The standard InChI is InChI=1S/C14H20BrNO3/c1-14(2,7-4-8-15)9-16-13(19)10-5-3-6-11(17)12(10)18/h3,5-6,17-18H,4,7-9H2,1-2H3,(H,16,19). The lowest BCUT2D eigenvalue weighted by Gasteiger charge is -2.24. The number of hydrogen-bond donors (Lipinski definition) is 3. The Hall–Kier alpha value is -1.23. The van der Waals surface area contributed by atoms with Gasteiger partial charge in [0, 0.05) is 11.9 Å². The topological polar surface area (TPSA) is 69.6 Å². The van der Waals surface area contributed by atoms with E-state index >= 15 is 0 Å². The van der Waals surface area contributed by atoms with Crippen molar-refractivity contribution in [2.24, 2.45) is 5.41 Å². The van der Waals surface area contributed by atoms with E-state index in [9.17, 15) is 15.0 Å². The number of halogens is 1. The van der Waals surface area contributed by atoms with E-state index in [-0.39, 0.29) is 28.4 Å². The summed E-state index contributed by atoms with van der Waals surface area (Å²) in [6.07, 6.45) is 2.03. The molecule has 1 aromatic rings. The predicted molar refractivity (Wildman–Crippen MR) is 78.9 cm³/mol. The molecule has 0 aliphatic rings. The highest BCUT2D eigenvalue weighted by molar-refractivity contribution is 9.09. The molecule has 0 saturated heterocycles. The lowest BCUT2D eigenvalue weighted by Crippen LogP contribution is -2.34. The van der Waals surface area contributed by atoms with Crippen molar-refractivity contribution in [3.63, 3.8) is 0 Å². The number of phenols is 2. The Bertz CT molecular complexity index is 446. The molecule has 0 heterocycles. The van der Waals surface area contributed by atoms with Gasteiger partial charge in [0.05, 0.1) is 5.56 Å². The maximum atomic E-state index is 11.9. The van der Waals surface area contributed by atoms with E-state index in [0.29, 0.717) is 6.54 Å². The first-order valence-corrected chi connectivity index (χ1v) is 7.34. The van der Waals surface area contributed by atoms with E-state index in [4.69, 9.17) is 0 Å². The number of phenolic OH excluding ortho intramolecular Hbond substituents is 2. The molecule has 0 bridgehead atoms. The molecule has 1 amide bonds. The Labute approximate surface area is 122 Å². The van der Waals surface area contributed by atoms with Crippen LogP contribution in [-0.4, -0.2) is 28.0 Å². The second-order valence-corrected chi connectivity index (χ2v) is 6.11. The fraction of sp³-hybridized carbons (Fsp3) is 0.500. The zero-order valence-corrected chi connectivity index (χ0v) is 12.8. The maximum absolute atomic E-state index is 11.9. The number of para-hydroxylation sites is 1. The molecule has 1 aromatic carbocycles. The summed E-state index contributed by atoms with van der Waals surface area (Å²) in [7, 11) is 0.